The minimum Gasteiger partial charge on any atom is -0.426 e. The summed E-state index contributed by atoms with van der Waals surface area (Å²) in [6, 6.07) is 0. The normalized spacial score (nSPS) is 62.4. The number of esters is 1. The number of ketones is 1. The van der Waals surface area contributed by atoms with Gasteiger partial charge in [0.2, 0.25) is 5.79 Å². The monoisotopic (exact) mass is 388 g/mol. The number of Topliss-reactive ketones (excluding diaryl/α,β-unsaturated/α-hetero) is 1. The van der Waals surface area contributed by atoms with Gasteiger partial charge in [-0.15, -0.1) is 0 Å². The molecule has 0 aromatic rings. The average molecular weight is 388 g/mol. The molecule has 6 fully saturated rings. The van der Waals surface area contributed by atoms with Crippen LogP contribution in [-0.4, -0.2) is 59.8 Å². The van der Waals surface area contributed by atoms with Crippen LogP contribution in [0.25, 0.3) is 0 Å². The number of hydrogen-bond acceptors (Lipinski definition) is 7. The standard InChI is InChI=1S/C21H24O7/c1-9-7-19-16-17(3,27-16)12-11-10(2)15(23)26-20(11,24-4)6-5-18(8-25-18)13(12)21(19,28-19)14(9)22/h9,12-13,16H,5-8H2,1-4H3/t9-,12-,13+,16+,17+,18+,19+,20+,21+/m1/s1. The van der Waals surface area contributed by atoms with E-state index in [0.717, 1.165) is 5.57 Å². The summed E-state index contributed by atoms with van der Waals surface area (Å²) in [5, 5.41) is 0. The topological polar surface area (TPSA) is 90.2 Å². The number of fused-ring (bicyclic) bond motifs is 6. The van der Waals surface area contributed by atoms with Crippen LogP contribution in [0.3, 0.4) is 0 Å². The van der Waals surface area contributed by atoms with Crippen LogP contribution in [0, 0.1) is 17.8 Å². The Bertz CT molecular complexity index is 920. The summed E-state index contributed by atoms with van der Waals surface area (Å²) in [5.41, 5.74) is -0.928. The van der Waals surface area contributed by atoms with Gasteiger partial charge in [0.25, 0.3) is 0 Å². The molecule has 1 spiro atoms. The van der Waals surface area contributed by atoms with Crippen molar-refractivity contribution in [1.82, 2.24) is 0 Å². The third-order valence-corrected chi connectivity index (χ3v) is 8.98. The highest BCUT2D eigenvalue weighted by Crippen LogP contribution is 2.82. The fraction of sp³-hybridized carbons (Fsp3) is 0.810. The molecule has 0 aromatic carbocycles. The molecule has 3 saturated heterocycles. The van der Waals surface area contributed by atoms with Crippen molar-refractivity contribution >= 4 is 11.8 Å². The predicted molar refractivity (Wildman–Crippen MR) is 92.0 cm³/mol. The lowest BCUT2D eigenvalue weighted by molar-refractivity contribution is -0.197. The van der Waals surface area contributed by atoms with E-state index in [1.807, 2.05) is 6.92 Å². The van der Waals surface area contributed by atoms with Crippen molar-refractivity contribution < 1.29 is 33.3 Å². The van der Waals surface area contributed by atoms with Crippen LogP contribution in [0.5, 0.6) is 0 Å². The molecule has 4 aliphatic heterocycles. The summed E-state index contributed by atoms with van der Waals surface area (Å²) < 4.78 is 30.5. The second-order valence-corrected chi connectivity index (χ2v) is 10.1. The average Bonchev–Trinajstić information content (AvgIpc) is 3.56. The molecule has 7 heteroatoms. The molecule has 0 aromatic heterocycles. The molecule has 7 nitrogen and oxygen atoms in total. The van der Waals surface area contributed by atoms with Crippen molar-refractivity contribution in [2.24, 2.45) is 17.8 Å². The van der Waals surface area contributed by atoms with E-state index in [-0.39, 0.29) is 35.6 Å². The Kier molecular flexibility index (Phi) is 2.43. The Morgan fingerprint density at radius 1 is 1.21 bits per heavy atom. The second kappa shape index (κ2) is 4.13. The van der Waals surface area contributed by atoms with E-state index in [0.29, 0.717) is 31.4 Å². The van der Waals surface area contributed by atoms with E-state index in [2.05, 4.69) is 6.92 Å². The summed E-state index contributed by atoms with van der Waals surface area (Å²) in [7, 11) is 1.59. The number of rotatable bonds is 1. The Balaban J connectivity index is 1.51. The number of hydrogen-bond donors (Lipinski definition) is 0. The van der Waals surface area contributed by atoms with Gasteiger partial charge in [-0.25, -0.2) is 4.79 Å². The van der Waals surface area contributed by atoms with Crippen LogP contribution >= 0.6 is 0 Å². The molecule has 0 bridgehead atoms. The fourth-order valence-corrected chi connectivity index (χ4v) is 7.71. The zero-order valence-electron chi connectivity index (χ0n) is 16.5. The van der Waals surface area contributed by atoms with E-state index < -0.39 is 28.2 Å². The van der Waals surface area contributed by atoms with Gasteiger partial charge in [-0.3, -0.25) is 4.79 Å². The van der Waals surface area contributed by atoms with Crippen LogP contribution in [0.1, 0.15) is 40.0 Å². The molecule has 0 amide bonds. The minimum absolute atomic E-state index is 0.0521. The predicted octanol–water partition coefficient (Wildman–Crippen LogP) is 1.29. The van der Waals surface area contributed by atoms with Crippen molar-refractivity contribution in [3.05, 3.63) is 11.1 Å². The number of methoxy groups -OCH3 is 1. The molecular formula is C21H24O7. The van der Waals surface area contributed by atoms with Gasteiger partial charge in [0, 0.05) is 42.4 Å². The van der Waals surface area contributed by atoms with E-state index in [9.17, 15) is 9.59 Å². The third kappa shape index (κ3) is 1.34. The van der Waals surface area contributed by atoms with Gasteiger partial charge in [-0.1, -0.05) is 6.92 Å². The summed E-state index contributed by atoms with van der Waals surface area (Å²) in [5.74, 6) is -1.72. The lowest BCUT2D eigenvalue weighted by Gasteiger charge is -2.41. The molecule has 7 rings (SSSR count). The summed E-state index contributed by atoms with van der Waals surface area (Å²) in [6.45, 7) is 6.48. The number of epoxide rings is 3. The van der Waals surface area contributed by atoms with E-state index in [1.54, 1.807) is 14.0 Å². The van der Waals surface area contributed by atoms with Crippen LogP contribution < -0.4 is 0 Å². The quantitative estimate of drug-likeness (QED) is 0.494. The zero-order valence-corrected chi connectivity index (χ0v) is 16.5. The molecule has 3 aliphatic carbocycles. The summed E-state index contributed by atoms with van der Waals surface area (Å²) in [6.07, 6.45) is 1.74. The highest BCUT2D eigenvalue weighted by molar-refractivity contribution is 5.99. The maximum Gasteiger partial charge on any atom is 0.336 e. The Morgan fingerprint density at radius 2 is 1.96 bits per heavy atom. The zero-order chi connectivity index (χ0) is 19.5. The maximum absolute atomic E-state index is 13.5. The van der Waals surface area contributed by atoms with Crippen molar-refractivity contribution in [2.75, 3.05) is 13.7 Å². The molecule has 4 heterocycles. The molecular weight excluding hydrogens is 364 g/mol. The first-order valence-corrected chi connectivity index (χ1v) is 10.3. The maximum atomic E-state index is 13.5. The minimum atomic E-state index is -1.10. The van der Waals surface area contributed by atoms with E-state index >= 15 is 0 Å². The van der Waals surface area contributed by atoms with Crippen LogP contribution in [0.4, 0.5) is 0 Å². The van der Waals surface area contributed by atoms with E-state index in [4.69, 9.17) is 23.7 Å². The summed E-state index contributed by atoms with van der Waals surface area (Å²) in [4.78, 5) is 26.1. The van der Waals surface area contributed by atoms with Crippen molar-refractivity contribution in [1.29, 1.82) is 0 Å². The Hall–Kier alpha value is -1.28. The molecule has 0 N–H and O–H groups in total. The first-order chi connectivity index (χ1) is 13.2. The van der Waals surface area contributed by atoms with Crippen molar-refractivity contribution in [3.63, 3.8) is 0 Å². The Labute approximate surface area is 162 Å². The van der Waals surface area contributed by atoms with Gasteiger partial charge in [-0.2, -0.15) is 0 Å². The SMILES string of the molecule is CO[C@]12CC[C@]3(CO3)[C@@H]3[C@@H](C1=C(C)C(=O)O2)[C@]1(C)O[C@@H]1[C@@]12C[C@@H](C)C(=O)[C@@]31O2. The van der Waals surface area contributed by atoms with Gasteiger partial charge < -0.3 is 23.7 Å². The smallest absolute Gasteiger partial charge is 0.336 e. The van der Waals surface area contributed by atoms with Crippen molar-refractivity contribution in [3.8, 4) is 0 Å². The number of ether oxygens (including phenoxy) is 5. The largest absolute Gasteiger partial charge is 0.426 e. The van der Waals surface area contributed by atoms with Crippen molar-refractivity contribution in [2.45, 2.75) is 74.3 Å². The highest BCUT2D eigenvalue weighted by Gasteiger charge is 2.98. The Morgan fingerprint density at radius 3 is 2.64 bits per heavy atom. The fourth-order valence-electron chi connectivity index (χ4n) is 7.71. The van der Waals surface area contributed by atoms with Gasteiger partial charge in [0.1, 0.15) is 17.3 Å². The van der Waals surface area contributed by atoms with Crippen LogP contribution in [0.2, 0.25) is 0 Å². The molecule has 3 saturated carbocycles. The number of carbonyl (C=O) groups is 2. The van der Waals surface area contributed by atoms with Crippen LogP contribution in [-0.2, 0) is 33.3 Å². The van der Waals surface area contributed by atoms with Crippen LogP contribution in [0.15, 0.2) is 11.1 Å². The second-order valence-electron chi connectivity index (χ2n) is 10.1. The lowest BCUT2D eigenvalue weighted by atomic mass is 9.57. The molecule has 28 heavy (non-hydrogen) atoms. The third-order valence-electron chi connectivity index (χ3n) is 8.98. The molecule has 150 valence electrons. The molecule has 0 radical (unpaired) electrons. The van der Waals surface area contributed by atoms with E-state index in [1.165, 1.54) is 0 Å². The molecule has 7 aliphatic rings. The molecule has 9 atom stereocenters. The number of carbonyl (C=O) groups excluding carboxylic acids is 2. The van der Waals surface area contributed by atoms with Gasteiger partial charge in [-0.05, 0) is 26.7 Å². The first-order valence-electron chi connectivity index (χ1n) is 10.3. The summed E-state index contributed by atoms with van der Waals surface area (Å²) >= 11 is 0. The van der Waals surface area contributed by atoms with Gasteiger partial charge >= 0.3 is 5.97 Å². The lowest BCUT2D eigenvalue weighted by Crippen LogP contribution is -2.57. The molecule has 0 unspecified atom stereocenters. The van der Waals surface area contributed by atoms with Gasteiger partial charge in [0.15, 0.2) is 11.4 Å². The van der Waals surface area contributed by atoms with Gasteiger partial charge in [0.05, 0.1) is 12.2 Å². The highest BCUT2D eigenvalue weighted by atomic mass is 16.7. The first kappa shape index (κ1) is 16.5.